The standard InChI is InChI=1S/C13H15ClN2O2/c14-10-3-1-2-9(6-10)12-7-16(13(17)15-12)11-4-5-18-8-11/h1-3,6,11-12H,4-5,7-8H2,(H,15,17). The molecule has 0 saturated carbocycles. The molecule has 96 valence electrons. The molecule has 1 aromatic carbocycles. The summed E-state index contributed by atoms with van der Waals surface area (Å²) in [6, 6.07) is 7.88. The molecular formula is C13H15ClN2O2. The van der Waals surface area contributed by atoms with Crippen LogP contribution in [0.4, 0.5) is 4.79 Å². The summed E-state index contributed by atoms with van der Waals surface area (Å²) < 4.78 is 5.34. The Bertz CT molecular complexity index is 460. The van der Waals surface area contributed by atoms with Crippen LogP contribution in [-0.2, 0) is 4.74 Å². The summed E-state index contributed by atoms with van der Waals surface area (Å²) in [6.45, 7) is 2.08. The van der Waals surface area contributed by atoms with Crippen LogP contribution in [0.25, 0.3) is 0 Å². The quantitative estimate of drug-likeness (QED) is 0.892. The van der Waals surface area contributed by atoms with E-state index >= 15 is 0 Å². The Morgan fingerprint density at radius 3 is 3.06 bits per heavy atom. The van der Waals surface area contributed by atoms with Gasteiger partial charge < -0.3 is 15.0 Å². The molecule has 0 radical (unpaired) electrons. The number of nitrogens with one attached hydrogen (secondary N) is 1. The summed E-state index contributed by atoms with van der Waals surface area (Å²) in [5.74, 6) is 0. The van der Waals surface area contributed by atoms with Gasteiger partial charge in [-0.2, -0.15) is 0 Å². The van der Waals surface area contributed by atoms with E-state index in [1.807, 2.05) is 29.2 Å². The summed E-state index contributed by atoms with van der Waals surface area (Å²) in [4.78, 5) is 13.8. The summed E-state index contributed by atoms with van der Waals surface area (Å²) in [5, 5.41) is 3.70. The third kappa shape index (κ3) is 2.18. The SMILES string of the molecule is O=C1NC(c2cccc(Cl)c2)CN1C1CCOC1. The van der Waals surface area contributed by atoms with Crippen LogP contribution in [0.2, 0.25) is 5.02 Å². The normalized spacial score (nSPS) is 27.6. The maximum atomic E-state index is 12.0. The van der Waals surface area contributed by atoms with Gasteiger partial charge in [-0.05, 0) is 24.1 Å². The fourth-order valence-corrected chi connectivity index (χ4v) is 2.75. The van der Waals surface area contributed by atoms with Crippen molar-refractivity contribution in [1.82, 2.24) is 10.2 Å². The number of nitrogens with zero attached hydrogens (tertiary/aromatic N) is 1. The highest BCUT2D eigenvalue weighted by atomic mass is 35.5. The molecule has 2 saturated heterocycles. The third-order valence-electron chi connectivity index (χ3n) is 3.54. The Balaban J connectivity index is 1.75. The van der Waals surface area contributed by atoms with Crippen LogP contribution in [-0.4, -0.2) is 36.7 Å². The summed E-state index contributed by atoms with van der Waals surface area (Å²) in [6.07, 6.45) is 0.926. The topological polar surface area (TPSA) is 41.6 Å². The van der Waals surface area contributed by atoms with E-state index in [9.17, 15) is 4.79 Å². The number of rotatable bonds is 2. The fraction of sp³-hybridized carbons (Fsp3) is 0.462. The molecule has 3 rings (SSSR count). The maximum absolute atomic E-state index is 12.0. The molecule has 5 heteroatoms. The molecule has 0 bridgehead atoms. The third-order valence-corrected chi connectivity index (χ3v) is 3.77. The van der Waals surface area contributed by atoms with Crippen LogP contribution in [0.5, 0.6) is 0 Å². The number of benzene rings is 1. The van der Waals surface area contributed by atoms with Crippen molar-refractivity contribution in [2.45, 2.75) is 18.5 Å². The van der Waals surface area contributed by atoms with E-state index in [2.05, 4.69) is 5.32 Å². The van der Waals surface area contributed by atoms with E-state index in [1.165, 1.54) is 0 Å². The first-order valence-corrected chi connectivity index (χ1v) is 6.52. The molecule has 2 unspecified atom stereocenters. The van der Waals surface area contributed by atoms with Crippen molar-refractivity contribution in [3.63, 3.8) is 0 Å². The minimum Gasteiger partial charge on any atom is -0.379 e. The second-order valence-corrected chi connectivity index (χ2v) is 5.16. The van der Waals surface area contributed by atoms with E-state index in [1.54, 1.807) is 0 Å². The van der Waals surface area contributed by atoms with Gasteiger partial charge in [-0.25, -0.2) is 4.79 Å². The number of halogens is 1. The average molecular weight is 267 g/mol. The van der Waals surface area contributed by atoms with Crippen molar-refractivity contribution < 1.29 is 9.53 Å². The monoisotopic (exact) mass is 266 g/mol. The molecule has 0 aromatic heterocycles. The van der Waals surface area contributed by atoms with Gasteiger partial charge in [-0.15, -0.1) is 0 Å². The molecule has 2 atom stereocenters. The Labute approximate surface area is 111 Å². The highest BCUT2D eigenvalue weighted by Crippen LogP contribution is 2.26. The lowest BCUT2D eigenvalue weighted by Crippen LogP contribution is -2.38. The van der Waals surface area contributed by atoms with Crippen molar-refractivity contribution in [3.05, 3.63) is 34.9 Å². The fourth-order valence-electron chi connectivity index (χ4n) is 2.55. The lowest BCUT2D eigenvalue weighted by molar-refractivity contribution is 0.159. The van der Waals surface area contributed by atoms with Crippen molar-refractivity contribution >= 4 is 17.6 Å². The average Bonchev–Trinajstić information content (AvgIpc) is 2.97. The Hall–Kier alpha value is -1.26. The number of hydrogen-bond donors (Lipinski definition) is 1. The van der Waals surface area contributed by atoms with Gasteiger partial charge in [0.1, 0.15) is 0 Å². The van der Waals surface area contributed by atoms with Gasteiger partial charge in [-0.1, -0.05) is 23.7 Å². The Morgan fingerprint density at radius 2 is 2.33 bits per heavy atom. The number of ether oxygens (including phenoxy) is 1. The van der Waals surface area contributed by atoms with Gasteiger partial charge in [-0.3, -0.25) is 0 Å². The largest absolute Gasteiger partial charge is 0.379 e. The van der Waals surface area contributed by atoms with Gasteiger partial charge in [0, 0.05) is 18.2 Å². The van der Waals surface area contributed by atoms with Crippen LogP contribution < -0.4 is 5.32 Å². The number of urea groups is 1. The maximum Gasteiger partial charge on any atom is 0.318 e. The van der Waals surface area contributed by atoms with Crippen molar-refractivity contribution in [3.8, 4) is 0 Å². The Kier molecular flexibility index (Phi) is 3.14. The first kappa shape index (κ1) is 11.8. The zero-order valence-corrected chi connectivity index (χ0v) is 10.7. The number of amides is 2. The molecule has 0 spiro atoms. The molecule has 2 fully saturated rings. The van der Waals surface area contributed by atoms with Crippen LogP contribution >= 0.6 is 11.6 Å². The predicted octanol–water partition coefficient (Wildman–Crippen LogP) is 2.20. The minimum absolute atomic E-state index is 0.00419. The number of hydrogen-bond acceptors (Lipinski definition) is 2. The lowest BCUT2D eigenvalue weighted by atomic mass is 10.1. The van der Waals surface area contributed by atoms with Crippen molar-refractivity contribution in [2.24, 2.45) is 0 Å². The van der Waals surface area contributed by atoms with Crippen molar-refractivity contribution in [1.29, 1.82) is 0 Å². The summed E-state index contributed by atoms with van der Waals surface area (Å²) in [5.41, 5.74) is 1.05. The van der Waals surface area contributed by atoms with Gasteiger partial charge in [0.15, 0.2) is 0 Å². The molecule has 2 amide bonds. The zero-order valence-electron chi connectivity index (χ0n) is 9.93. The smallest absolute Gasteiger partial charge is 0.318 e. The van der Waals surface area contributed by atoms with Crippen molar-refractivity contribution in [2.75, 3.05) is 19.8 Å². The number of carbonyl (C=O) groups excluding carboxylic acids is 1. The summed E-state index contributed by atoms with van der Waals surface area (Å²) >= 11 is 5.98. The second-order valence-electron chi connectivity index (χ2n) is 4.73. The molecule has 2 aliphatic rings. The van der Waals surface area contributed by atoms with E-state index in [-0.39, 0.29) is 18.1 Å². The van der Waals surface area contributed by atoms with E-state index < -0.39 is 0 Å². The highest BCUT2D eigenvalue weighted by Gasteiger charge is 2.36. The van der Waals surface area contributed by atoms with Crippen LogP contribution in [0.1, 0.15) is 18.0 Å². The van der Waals surface area contributed by atoms with Crippen LogP contribution in [0.3, 0.4) is 0 Å². The van der Waals surface area contributed by atoms with Gasteiger partial charge in [0.05, 0.1) is 18.7 Å². The predicted molar refractivity (Wildman–Crippen MR) is 68.7 cm³/mol. The van der Waals surface area contributed by atoms with E-state index in [4.69, 9.17) is 16.3 Å². The first-order chi connectivity index (χ1) is 8.74. The molecule has 1 N–H and O–H groups in total. The number of carbonyl (C=O) groups is 1. The van der Waals surface area contributed by atoms with Gasteiger partial charge in [0.25, 0.3) is 0 Å². The van der Waals surface area contributed by atoms with E-state index in [0.29, 0.717) is 18.2 Å². The molecule has 0 aliphatic carbocycles. The van der Waals surface area contributed by atoms with E-state index in [0.717, 1.165) is 18.6 Å². The molecule has 2 aliphatic heterocycles. The lowest BCUT2D eigenvalue weighted by Gasteiger charge is -2.20. The van der Waals surface area contributed by atoms with Crippen LogP contribution in [0, 0.1) is 0 Å². The highest BCUT2D eigenvalue weighted by molar-refractivity contribution is 6.30. The van der Waals surface area contributed by atoms with Gasteiger partial charge in [0.2, 0.25) is 0 Å². The minimum atomic E-state index is -0.00419. The molecular weight excluding hydrogens is 252 g/mol. The van der Waals surface area contributed by atoms with Gasteiger partial charge >= 0.3 is 6.03 Å². The molecule has 2 heterocycles. The second kappa shape index (κ2) is 4.78. The molecule has 18 heavy (non-hydrogen) atoms. The molecule has 4 nitrogen and oxygen atoms in total. The van der Waals surface area contributed by atoms with Crippen LogP contribution in [0.15, 0.2) is 24.3 Å². The summed E-state index contributed by atoms with van der Waals surface area (Å²) in [7, 11) is 0. The molecule has 1 aromatic rings. The Morgan fingerprint density at radius 1 is 1.44 bits per heavy atom. The zero-order chi connectivity index (χ0) is 12.5. The first-order valence-electron chi connectivity index (χ1n) is 6.14.